The number of amides is 2. The Morgan fingerprint density at radius 3 is 2.55 bits per heavy atom. The van der Waals surface area contributed by atoms with Gasteiger partial charge in [0.05, 0.1) is 5.92 Å². The lowest BCUT2D eigenvalue weighted by Crippen LogP contribution is -2.49. The Balaban J connectivity index is 2.21. The van der Waals surface area contributed by atoms with Crippen molar-refractivity contribution in [1.29, 1.82) is 0 Å². The SMILES string of the molecule is CN(C)CCCCNC(=O)NC1CCCCC1C(=O)O. The molecule has 0 heterocycles. The van der Waals surface area contributed by atoms with E-state index in [0.29, 0.717) is 13.0 Å². The first kappa shape index (κ1) is 16.8. The van der Waals surface area contributed by atoms with E-state index >= 15 is 0 Å². The standard InChI is InChI=1S/C14H27N3O3/c1-17(2)10-6-5-9-15-14(20)16-12-8-4-3-7-11(12)13(18)19/h11-12H,3-10H2,1-2H3,(H,18,19)(H2,15,16,20). The molecule has 0 aromatic rings. The first-order chi connectivity index (χ1) is 9.50. The van der Waals surface area contributed by atoms with Gasteiger partial charge in [-0.3, -0.25) is 4.79 Å². The summed E-state index contributed by atoms with van der Waals surface area (Å²) < 4.78 is 0. The second-order valence-corrected chi connectivity index (χ2v) is 5.75. The molecule has 6 heteroatoms. The lowest BCUT2D eigenvalue weighted by molar-refractivity contribution is -0.143. The van der Waals surface area contributed by atoms with E-state index in [4.69, 9.17) is 5.11 Å². The lowest BCUT2D eigenvalue weighted by Gasteiger charge is -2.29. The van der Waals surface area contributed by atoms with Gasteiger partial charge in [0.15, 0.2) is 0 Å². The van der Waals surface area contributed by atoms with Gasteiger partial charge < -0.3 is 20.6 Å². The largest absolute Gasteiger partial charge is 0.481 e. The van der Waals surface area contributed by atoms with Crippen molar-refractivity contribution in [3.63, 3.8) is 0 Å². The van der Waals surface area contributed by atoms with Crippen LogP contribution in [0.1, 0.15) is 38.5 Å². The molecule has 1 aliphatic carbocycles. The monoisotopic (exact) mass is 285 g/mol. The van der Waals surface area contributed by atoms with E-state index in [0.717, 1.165) is 38.6 Å². The third kappa shape index (κ3) is 6.23. The number of urea groups is 1. The summed E-state index contributed by atoms with van der Waals surface area (Å²) in [5.41, 5.74) is 0. The molecule has 0 aliphatic heterocycles. The number of hydrogen-bond donors (Lipinski definition) is 3. The Bertz CT molecular complexity index is 321. The maximum Gasteiger partial charge on any atom is 0.315 e. The third-order valence-corrected chi connectivity index (χ3v) is 3.72. The summed E-state index contributed by atoms with van der Waals surface area (Å²) in [6.45, 7) is 1.64. The minimum atomic E-state index is -0.805. The van der Waals surface area contributed by atoms with Crippen LogP contribution in [-0.4, -0.2) is 55.2 Å². The molecule has 1 saturated carbocycles. The van der Waals surface area contributed by atoms with Gasteiger partial charge in [0.1, 0.15) is 0 Å². The number of nitrogens with zero attached hydrogens (tertiary/aromatic N) is 1. The number of rotatable bonds is 7. The molecule has 0 saturated heterocycles. The summed E-state index contributed by atoms with van der Waals surface area (Å²) >= 11 is 0. The maximum absolute atomic E-state index is 11.8. The predicted octanol–water partition coefficient (Wildman–Crippen LogP) is 1.27. The molecule has 0 bridgehead atoms. The Kier molecular flexibility index (Phi) is 7.36. The number of carboxylic acids is 1. The second-order valence-electron chi connectivity index (χ2n) is 5.75. The van der Waals surface area contributed by atoms with Gasteiger partial charge in [-0.25, -0.2) is 4.79 Å². The van der Waals surface area contributed by atoms with Crippen LogP contribution in [0.2, 0.25) is 0 Å². The molecular formula is C14H27N3O3. The molecule has 6 nitrogen and oxygen atoms in total. The summed E-state index contributed by atoms with van der Waals surface area (Å²) in [4.78, 5) is 25.0. The lowest BCUT2D eigenvalue weighted by atomic mass is 9.84. The number of carboxylic acid groups (broad SMARTS) is 1. The van der Waals surface area contributed by atoms with E-state index in [9.17, 15) is 9.59 Å². The van der Waals surface area contributed by atoms with Gasteiger partial charge in [-0.1, -0.05) is 12.8 Å². The van der Waals surface area contributed by atoms with Crippen LogP contribution in [0, 0.1) is 5.92 Å². The van der Waals surface area contributed by atoms with E-state index < -0.39 is 11.9 Å². The zero-order chi connectivity index (χ0) is 15.0. The summed E-state index contributed by atoms with van der Waals surface area (Å²) in [6, 6.07) is -0.476. The number of unbranched alkanes of at least 4 members (excludes halogenated alkanes) is 1. The molecule has 0 aromatic carbocycles. The average Bonchev–Trinajstić information content (AvgIpc) is 2.38. The first-order valence-electron chi connectivity index (χ1n) is 7.42. The molecular weight excluding hydrogens is 258 g/mol. The Morgan fingerprint density at radius 1 is 1.20 bits per heavy atom. The zero-order valence-corrected chi connectivity index (χ0v) is 12.5. The predicted molar refractivity (Wildman–Crippen MR) is 77.7 cm³/mol. The minimum Gasteiger partial charge on any atom is -0.481 e. The second kappa shape index (κ2) is 8.79. The molecule has 116 valence electrons. The highest BCUT2D eigenvalue weighted by Gasteiger charge is 2.31. The fourth-order valence-corrected chi connectivity index (χ4v) is 2.57. The number of aliphatic carboxylic acids is 1. The van der Waals surface area contributed by atoms with Crippen molar-refractivity contribution in [3.05, 3.63) is 0 Å². The van der Waals surface area contributed by atoms with Crippen molar-refractivity contribution in [1.82, 2.24) is 15.5 Å². The smallest absolute Gasteiger partial charge is 0.315 e. The van der Waals surface area contributed by atoms with Crippen molar-refractivity contribution in [2.75, 3.05) is 27.2 Å². The molecule has 0 radical (unpaired) electrons. The molecule has 2 unspecified atom stereocenters. The fourth-order valence-electron chi connectivity index (χ4n) is 2.57. The molecule has 1 rings (SSSR count). The van der Waals surface area contributed by atoms with Crippen LogP contribution in [0.15, 0.2) is 0 Å². The number of hydrogen-bond acceptors (Lipinski definition) is 3. The van der Waals surface area contributed by atoms with Crippen molar-refractivity contribution in [2.45, 2.75) is 44.6 Å². The average molecular weight is 285 g/mol. The number of nitrogens with one attached hydrogen (secondary N) is 2. The van der Waals surface area contributed by atoms with E-state index in [2.05, 4.69) is 15.5 Å². The zero-order valence-electron chi connectivity index (χ0n) is 12.5. The fraction of sp³-hybridized carbons (Fsp3) is 0.857. The summed E-state index contributed by atoms with van der Waals surface area (Å²) in [6.07, 6.45) is 5.29. The van der Waals surface area contributed by atoms with E-state index in [1.807, 2.05) is 14.1 Å². The quantitative estimate of drug-likeness (QED) is 0.615. The Labute approximate surface area is 120 Å². The highest BCUT2D eigenvalue weighted by Crippen LogP contribution is 2.24. The van der Waals surface area contributed by atoms with Gasteiger partial charge in [0.2, 0.25) is 0 Å². The summed E-state index contributed by atoms with van der Waals surface area (Å²) in [5, 5.41) is 14.8. The van der Waals surface area contributed by atoms with E-state index in [1.165, 1.54) is 0 Å². The van der Waals surface area contributed by atoms with Crippen LogP contribution in [0.25, 0.3) is 0 Å². The molecule has 1 aliphatic rings. The molecule has 0 aromatic heterocycles. The van der Waals surface area contributed by atoms with Gasteiger partial charge in [-0.05, 0) is 46.3 Å². The topological polar surface area (TPSA) is 81.7 Å². The Morgan fingerprint density at radius 2 is 1.90 bits per heavy atom. The Hall–Kier alpha value is -1.30. The van der Waals surface area contributed by atoms with Crippen LogP contribution < -0.4 is 10.6 Å². The van der Waals surface area contributed by atoms with Crippen LogP contribution >= 0.6 is 0 Å². The molecule has 3 N–H and O–H groups in total. The molecule has 20 heavy (non-hydrogen) atoms. The molecule has 2 atom stereocenters. The van der Waals surface area contributed by atoms with Crippen molar-refractivity contribution in [3.8, 4) is 0 Å². The molecule has 1 fully saturated rings. The highest BCUT2D eigenvalue weighted by molar-refractivity contribution is 5.76. The van der Waals surface area contributed by atoms with Crippen molar-refractivity contribution < 1.29 is 14.7 Å². The number of carbonyl (C=O) groups is 2. The van der Waals surface area contributed by atoms with E-state index in [1.54, 1.807) is 0 Å². The highest BCUT2D eigenvalue weighted by atomic mass is 16.4. The normalized spacial score (nSPS) is 22.6. The summed E-state index contributed by atoms with van der Waals surface area (Å²) in [7, 11) is 4.05. The van der Waals surface area contributed by atoms with Crippen molar-refractivity contribution in [2.24, 2.45) is 5.92 Å². The number of carbonyl (C=O) groups excluding carboxylic acids is 1. The van der Waals surface area contributed by atoms with Crippen LogP contribution in [0.5, 0.6) is 0 Å². The third-order valence-electron chi connectivity index (χ3n) is 3.72. The maximum atomic E-state index is 11.8. The van der Waals surface area contributed by atoms with Gasteiger partial charge in [0, 0.05) is 12.6 Å². The molecule has 2 amide bonds. The van der Waals surface area contributed by atoms with Crippen LogP contribution in [-0.2, 0) is 4.79 Å². The van der Waals surface area contributed by atoms with Gasteiger partial charge >= 0.3 is 12.0 Å². The summed E-state index contributed by atoms with van der Waals surface area (Å²) in [5.74, 6) is -1.25. The van der Waals surface area contributed by atoms with Crippen LogP contribution in [0.4, 0.5) is 4.79 Å². The van der Waals surface area contributed by atoms with Gasteiger partial charge in [-0.15, -0.1) is 0 Å². The first-order valence-corrected chi connectivity index (χ1v) is 7.42. The van der Waals surface area contributed by atoms with Crippen LogP contribution in [0.3, 0.4) is 0 Å². The van der Waals surface area contributed by atoms with Gasteiger partial charge in [0.25, 0.3) is 0 Å². The minimum absolute atomic E-state index is 0.233. The van der Waals surface area contributed by atoms with Gasteiger partial charge in [-0.2, -0.15) is 0 Å². The van der Waals surface area contributed by atoms with E-state index in [-0.39, 0.29) is 12.1 Å². The van der Waals surface area contributed by atoms with Crippen molar-refractivity contribution >= 4 is 12.0 Å². The molecule has 0 spiro atoms.